The Hall–Kier alpha value is -2.26. The average molecular weight is 265 g/mol. The minimum absolute atomic E-state index is 0.0607. The second kappa shape index (κ2) is 5.16. The highest BCUT2D eigenvalue weighted by Crippen LogP contribution is 2.16. The summed E-state index contributed by atoms with van der Waals surface area (Å²) in [7, 11) is 0. The van der Waals surface area contributed by atoms with Gasteiger partial charge in [0.1, 0.15) is 5.69 Å². The van der Waals surface area contributed by atoms with Crippen LogP contribution in [0, 0.1) is 0 Å². The molecule has 92 valence electrons. The zero-order valence-electron chi connectivity index (χ0n) is 10.1. The van der Waals surface area contributed by atoms with E-state index < -0.39 is 0 Å². The molecule has 0 radical (unpaired) electrons. The van der Waals surface area contributed by atoms with Crippen LogP contribution in [0.4, 0.5) is 0 Å². The second-order valence-electron chi connectivity index (χ2n) is 4.18. The van der Waals surface area contributed by atoms with Crippen molar-refractivity contribution < 1.29 is 4.79 Å². The molecule has 19 heavy (non-hydrogen) atoms. The number of benzene rings is 2. The Labute approximate surface area is 115 Å². The van der Waals surface area contributed by atoms with Crippen molar-refractivity contribution in [3.63, 3.8) is 0 Å². The lowest BCUT2D eigenvalue weighted by molar-refractivity contribution is 0.104. The van der Waals surface area contributed by atoms with Gasteiger partial charge in [-0.1, -0.05) is 42.5 Å². The molecule has 0 amide bonds. The minimum Gasteiger partial charge on any atom is -0.288 e. The van der Waals surface area contributed by atoms with Gasteiger partial charge in [0.05, 0.1) is 5.51 Å². The summed E-state index contributed by atoms with van der Waals surface area (Å²) >= 11 is 1.43. The number of thiazole rings is 1. The third kappa shape index (κ3) is 2.61. The SMILES string of the molecule is O=C(C=Cc1ccc2ccccc2c1)c1cscn1. The first-order valence-electron chi connectivity index (χ1n) is 5.92. The zero-order valence-corrected chi connectivity index (χ0v) is 10.9. The summed E-state index contributed by atoms with van der Waals surface area (Å²) in [5.74, 6) is -0.0607. The molecule has 2 nitrogen and oxygen atoms in total. The molecule has 0 bridgehead atoms. The van der Waals surface area contributed by atoms with Gasteiger partial charge in [0.25, 0.3) is 0 Å². The molecule has 0 atom stereocenters. The Balaban J connectivity index is 1.87. The van der Waals surface area contributed by atoms with Crippen LogP contribution in [0.25, 0.3) is 16.8 Å². The highest BCUT2D eigenvalue weighted by molar-refractivity contribution is 7.07. The maximum Gasteiger partial charge on any atom is 0.205 e. The van der Waals surface area contributed by atoms with Crippen LogP contribution in [0.15, 0.2) is 59.4 Å². The van der Waals surface area contributed by atoms with Crippen molar-refractivity contribution >= 4 is 34.0 Å². The maximum absolute atomic E-state index is 11.8. The number of allylic oxidation sites excluding steroid dienone is 1. The summed E-state index contributed by atoms with van der Waals surface area (Å²) < 4.78 is 0. The van der Waals surface area contributed by atoms with Crippen LogP contribution in [0.3, 0.4) is 0 Å². The monoisotopic (exact) mass is 265 g/mol. The Morgan fingerprint density at radius 1 is 1.11 bits per heavy atom. The van der Waals surface area contributed by atoms with Crippen molar-refractivity contribution in [2.75, 3.05) is 0 Å². The van der Waals surface area contributed by atoms with E-state index >= 15 is 0 Å². The van der Waals surface area contributed by atoms with Gasteiger partial charge < -0.3 is 0 Å². The van der Waals surface area contributed by atoms with Gasteiger partial charge in [-0.15, -0.1) is 11.3 Å². The van der Waals surface area contributed by atoms with E-state index in [-0.39, 0.29) is 5.78 Å². The van der Waals surface area contributed by atoms with Gasteiger partial charge in [-0.3, -0.25) is 4.79 Å². The summed E-state index contributed by atoms with van der Waals surface area (Å²) in [5.41, 5.74) is 3.18. The molecule has 3 aromatic rings. The molecule has 0 saturated carbocycles. The molecule has 0 saturated heterocycles. The molecule has 0 unspecified atom stereocenters. The molecule has 0 aliphatic rings. The first-order valence-corrected chi connectivity index (χ1v) is 6.86. The fourth-order valence-electron chi connectivity index (χ4n) is 1.90. The number of hydrogen-bond acceptors (Lipinski definition) is 3. The molecule has 0 spiro atoms. The smallest absolute Gasteiger partial charge is 0.205 e. The van der Waals surface area contributed by atoms with Crippen molar-refractivity contribution in [1.29, 1.82) is 0 Å². The lowest BCUT2D eigenvalue weighted by Gasteiger charge is -1.98. The fraction of sp³-hybridized carbons (Fsp3) is 0. The van der Waals surface area contributed by atoms with E-state index in [1.807, 2.05) is 24.3 Å². The van der Waals surface area contributed by atoms with Gasteiger partial charge in [0.15, 0.2) is 0 Å². The summed E-state index contributed by atoms with van der Waals surface area (Å²) in [6, 6.07) is 14.3. The van der Waals surface area contributed by atoms with Crippen LogP contribution in [-0.4, -0.2) is 10.8 Å². The molecule has 3 heteroatoms. The molecular formula is C16H11NOS. The van der Waals surface area contributed by atoms with Gasteiger partial charge in [-0.25, -0.2) is 4.98 Å². The molecule has 3 rings (SSSR count). The van der Waals surface area contributed by atoms with Crippen LogP contribution in [-0.2, 0) is 0 Å². The number of hydrogen-bond donors (Lipinski definition) is 0. The molecule has 1 aromatic heterocycles. The third-order valence-electron chi connectivity index (χ3n) is 2.89. The highest BCUT2D eigenvalue weighted by Gasteiger charge is 2.02. The molecule has 0 N–H and O–H groups in total. The van der Waals surface area contributed by atoms with Crippen molar-refractivity contribution in [1.82, 2.24) is 4.98 Å². The van der Waals surface area contributed by atoms with Crippen LogP contribution >= 0.6 is 11.3 Å². The number of nitrogens with zero attached hydrogens (tertiary/aromatic N) is 1. The Morgan fingerprint density at radius 2 is 1.95 bits per heavy atom. The molecule has 0 fully saturated rings. The van der Waals surface area contributed by atoms with E-state index in [9.17, 15) is 4.79 Å². The number of ketones is 1. The van der Waals surface area contributed by atoms with Gasteiger partial charge >= 0.3 is 0 Å². The average Bonchev–Trinajstić information content (AvgIpc) is 2.99. The van der Waals surface area contributed by atoms with E-state index in [2.05, 4.69) is 29.2 Å². The topological polar surface area (TPSA) is 30.0 Å². The minimum atomic E-state index is -0.0607. The highest BCUT2D eigenvalue weighted by atomic mass is 32.1. The lowest BCUT2D eigenvalue weighted by atomic mass is 10.1. The van der Waals surface area contributed by atoms with Crippen molar-refractivity contribution in [3.8, 4) is 0 Å². The predicted octanol–water partition coefficient (Wildman–Crippen LogP) is 4.19. The standard InChI is InChI=1S/C16H11NOS/c18-16(15-10-19-11-17-15)8-6-12-5-7-13-3-1-2-4-14(13)9-12/h1-11H. The largest absolute Gasteiger partial charge is 0.288 e. The molecular weight excluding hydrogens is 254 g/mol. The van der Waals surface area contributed by atoms with Crippen molar-refractivity contribution in [3.05, 3.63) is 70.7 Å². The molecule has 0 aliphatic heterocycles. The van der Waals surface area contributed by atoms with Crippen LogP contribution in [0.1, 0.15) is 16.1 Å². The van der Waals surface area contributed by atoms with Crippen LogP contribution < -0.4 is 0 Å². The van der Waals surface area contributed by atoms with Gasteiger partial charge in [-0.2, -0.15) is 0 Å². The normalized spacial score (nSPS) is 11.2. The van der Waals surface area contributed by atoms with E-state index in [0.717, 1.165) is 5.56 Å². The summed E-state index contributed by atoms with van der Waals surface area (Å²) in [6.45, 7) is 0. The summed E-state index contributed by atoms with van der Waals surface area (Å²) in [6.07, 6.45) is 3.40. The maximum atomic E-state index is 11.8. The van der Waals surface area contributed by atoms with Crippen LogP contribution in [0.5, 0.6) is 0 Å². The second-order valence-corrected chi connectivity index (χ2v) is 4.90. The molecule has 1 heterocycles. The van der Waals surface area contributed by atoms with E-state index in [1.54, 1.807) is 17.0 Å². The first-order chi connectivity index (χ1) is 9.33. The van der Waals surface area contributed by atoms with E-state index in [4.69, 9.17) is 0 Å². The number of carbonyl (C=O) groups excluding carboxylic acids is 1. The van der Waals surface area contributed by atoms with Crippen LogP contribution in [0.2, 0.25) is 0 Å². The Bertz CT molecular complexity index is 744. The van der Waals surface area contributed by atoms with E-state index in [1.165, 1.54) is 22.1 Å². The Morgan fingerprint density at radius 3 is 2.74 bits per heavy atom. The van der Waals surface area contributed by atoms with Crippen molar-refractivity contribution in [2.24, 2.45) is 0 Å². The van der Waals surface area contributed by atoms with Crippen molar-refractivity contribution in [2.45, 2.75) is 0 Å². The van der Waals surface area contributed by atoms with Gasteiger partial charge in [0, 0.05) is 5.38 Å². The Kier molecular flexibility index (Phi) is 3.21. The van der Waals surface area contributed by atoms with Gasteiger partial charge in [0.2, 0.25) is 5.78 Å². The number of fused-ring (bicyclic) bond motifs is 1. The predicted molar refractivity (Wildman–Crippen MR) is 79.4 cm³/mol. The molecule has 0 aliphatic carbocycles. The number of rotatable bonds is 3. The molecule has 2 aromatic carbocycles. The number of aromatic nitrogens is 1. The summed E-state index contributed by atoms with van der Waals surface area (Å²) in [5, 5.41) is 4.13. The quantitative estimate of drug-likeness (QED) is 0.525. The van der Waals surface area contributed by atoms with E-state index in [0.29, 0.717) is 5.69 Å². The van der Waals surface area contributed by atoms with Gasteiger partial charge in [-0.05, 0) is 28.5 Å². The summed E-state index contributed by atoms with van der Waals surface area (Å²) in [4.78, 5) is 15.8. The zero-order chi connectivity index (χ0) is 13.1. The lowest BCUT2D eigenvalue weighted by Crippen LogP contribution is -1.93. The third-order valence-corrected chi connectivity index (χ3v) is 3.47. The first kappa shape index (κ1) is 11.8. The fourth-order valence-corrected chi connectivity index (χ4v) is 2.44. The number of carbonyl (C=O) groups is 1.